The summed E-state index contributed by atoms with van der Waals surface area (Å²) in [5, 5.41) is 0.577. The Labute approximate surface area is 145 Å². The summed E-state index contributed by atoms with van der Waals surface area (Å²) < 4.78 is 10.8. The number of hydrogen-bond donors (Lipinski definition) is 1. The monoisotopic (exact) mass is 347 g/mol. The van der Waals surface area contributed by atoms with Crippen molar-refractivity contribution in [2.24, 2.45) is 5.73 Å². The summed E-state index contributed by atoms with van der Waals surface area (Å²) in [7, 11) is 0. The summed E-state index contributed by atoms with van der Waals surface area (Å²) in [6, 6.07) is 13.6. The van der Waals surface area contributed by atoms with Gasteiger partial charge in [-0.05, 0) is 37.6 Å². The molecule has 2 aromatic carbocycles. The molecule has 2 atom stereocenters. The number of esters is 1. The van der Waals surface area contributed by atoms with Crippen LogP contribution in [0.15, 0.2) is 48.5 Å². The van der Waals surface area contributed by atoms with Gasteiger partial charge in [-0.3, -0.25) is 4.79 Å². The minimum Gasteiger partial charge on any atom is -0.479 e. The van der Waals surface area contributed by atoms with Crippen molar-refractivity contribution in [1.29, 1.82) is 0 Å². The van der Waals surface area contributed by atoms with Gasteiger partial charge in [0, 0.05) is 10.6 Å². The van der Waals surface area contributed by atoms with E-state index in [0.29, 0.717) is 16.3 Å². The van der Waals surface area contributed by atoms with Gasteiger partial charge in [-0.15, -0.1) is 0 Å². The third-order valence-corrected chi connectivity index (χ3v) is 3.60. The molecule has 2 N–H and O–H groups in total. The van der Waals surface area contributed by atoms with Gasteiger partial charge in [0.1, 0.15) is 5.75 Å². The van der Waals surface area contributed by atoms with Gasteiger partial charge in [-0.2, -0.15) is 0 Å². The first-order chi connectivity index (χ1) is 11.4. The van der Waals surface area contributed by atoms with E-state index >= 15 is 0 Å². The minimum atomic E-state index is -1.16. The third kappa shape index (κ3) is 4.49. The number of halogens is 1. The number of ether oxygens (including phenoxy) is 2. The first kappa shape index (κ1) is 17.8. The molecule has 24 heavy (non-hydrogen) atoms. The summed E-state index contributed by atoms with van der Waals surface area (Å²) in [4.78, 5) is 23.8. The van der Waals surface area contributed by atoms with Crippen molar-refractivity contribution >= 4 is 23.5 Å². The number of rotatable bonds is 6. The number of hydrogen-bond acceptors (Lipinski definition) is 4. The fourth-order valence-electron chi connectivity index (χ4n) is 2.11. The lowest BCUT2D eigenvalue weighted by Crippen LogP contribution is -2.32. The Kier molecular flexibility index (Phi) is 5.82. The Morgan fingerprint density at radius 1 is 1.12 bits per heavy atom. The van der Waals surface area contributed by atoms with Crippen LogP contribution >= 0.6 is 11.6 Å². The van der Waals surface area contributed by atoms with Crippen LogP contribution in [0.5, 0.6) is 5.75 Å². The first-order valence-electron chi connectivity index (χ1n) is 7.36. The number of carbonyl (C=O) groups is 2. The summed E-state index contributed by atoms with van der Waals surface area (Å²) in [5.74, 6) is -0.916. The van der Waals surface area contributed by atoms with Crippen LogP contribution in [0.3, 0.4) is 0 Å². The van der Waals surface area contributed by atoms with Gasteiger partial charge in [-0.1, -0.05) is 41.9 Å². The number of amides is 1. The van der Waals surface area contributed by atoms with Crippen LogP contribution in [0.1, 0.15) is 24.2 Å². The number of primary amides is 1. The van der Waals surface area contributed by atoms with Gasteiger partial charge in [-0.25, -0.2) is 4.79 Å². The number of nitrogens with two attached hydrogens (primary N) is 1. The van der Waals surface area contributed by atoms with E-state index in [1.165, 1.54) is 0 Å². The predicted molar refractivity (Wildman–Crippen MR) is 90.7 cm³/mol. The minimum absolute atomic E-state index is 0.508. The lowest BCUT2D eigenvalue weighted by Gasteiger charge is -2.19. The first-order valence-corrected chi connectivity index (χ1v) is 7.74. The molecule has 0 spiro atoms. The fourth-order valence-corrected chi connectivity index (χ4v) is 2.34. The Balaban J connectivity index is 2.08. The molecule has 0 heterocycles. The summed E-state index contributed by atoms with van der Waals surface area (Å²) in [6.07, 6.45) is -2.06. The van der Waals surface area contributed by atoms with Crippen LogP contribution in [0.4, 0.5) is 0 Å². The maximum atomic E-state index is 12.2. The molecule has 2 aromatic rings. The van der Waals surface area contributed by atoms with E-state index in [0.717, 1.165) is 5.56 Å². The summed E-state index contributed by atoms with van der Waals surface area (Å²) in [5.41, 5.74) is 6.64. The molecular weight excluding hydrogens is 330 g/mol. The molecule has 0 unspecified atom stereocenters. The van der Waals surface area contributed by atoms with E-state index in [1.54, 1.807) is 55.5 Å². The molecule has 0 saturated heterocycles. The smallest absolute Gasteiger partial charge is 0.348 e. The van der Waals surface area contributed by atoms with Gasteiger partial charge in [0.15, 0.2) is 6.10 Å². The maximum Gasteiger partial charge on any atom is 0.348 e. The molecular formula is C18H18ClNO4. The zero-order valence-corrected chi connectivity index (χ0v) is 14.1. The second-order valence-corrected chi connectivity index (χ2v) is 5.74. The third-order valence-electron chi connectivity index (χ3n) is 3.37. The van der Waals surface area contributed by atoms with Crippen molar-refractivity contribution in [3.8, 4) is 5.75 Å². The highest BCUT2D eigenvalue weighted by atomic mass is 35.5. The second-order valence-electron chi connectivity index (χ2n) is 5.30. The fraction of sp³-hybridized carbons (Fsp3) is 0.222. The van der Waals surface area contributed by atoms with Crippen molar-refractivity contribution in [1.82, 2.24) is 0 Å². The number of benzene rings is 2. The summed E-state index contributed by atoms with van der Waals surface area (Å²) >= 11 is 5.89. The Morgan fingerprint density at radius 3 is 2.38 bits per heavy atom. The molecule has 1 amide bonds. The molecule has 0 aliphatic heterocycles. The van der Waals surface area contributed by atoms with Gasteiger partial charge < -0.3 is 15.2 Å². The Bertz CT molecular complexity index is 733. The Hall–Kier alpha value is -2.53. The van der Waals surface area contributed by atoms with Crippen molar-refractivity contribution < 1.29 is 19.1 Å². The van der Waals surface area contributed by atoms with Crippen LogP contribution in [0.2, 0.25) is 5.02 Å². The van der Waals surface area contributed by atoms with Crippen molar-refractivity contribution in [3.05, 3.63) is 64.7 Å². The molecule has 5 nitrogen and oxygen atoms in total. The molecule has 0 aromatic heterocycles. The molecule has 0 radical (unpaired) electrons. The van der Waals surface area contributed by atoms with E-state index in [4.69, 9.17) is 26.8 Å². The van der Waals surface area contributed by atoms with Gasteiger partial charge in [0.2, 0.25) is 6.10 Å². The molecule has 0 aliphatic carbocycles. The van der Waals surface area contributed by atoms with E-state index < -0.39 is 24.1 Å². The zero-order chi connectivity index (χ0) is 17.7. The quantitative estimate of drug-likeness (QED) is 0.814. The van der Waals surface area contributed by atoms with E-state index in [1.807, 2.05) is 6.92 Å². The van der Waals surface area contributed by atoms with Crippen LogP contribution in [-0.2, 0) is 14.3 Å². The molecule has 0 fully saturated rings. The summed E-state index contributed by atoms with van der Waals surface area (Å²) in [6.45, 7) is 3.36. The molecule has 0 aliphatic rings. The average Bonchev–Trinajstić information content (AvgIpc) is 2.55. The standard InChI is InChI=1S/C18H18ClNO4/c1-11-10-14(19)8-9-15(11)23-12(2)18(22)24-16(17(20)21)13-6-4-3-5-7-13/h3-10,12,16H,1-2H3,(H2,20,21)/t12-,16+/m0/s1. The number of carbonyl (C=O) groups excluding carboxylic acids is 2. The topological polar surface area (TPSA) is 78.6 Å². The van der Waals surface area contributed by atoms with Crippen molar-refractivity contribution in [2.75, 3.05) is 0 Å². The second kappa shape index (κ2) is 7.84. The predicted octanol–water partition coefficient (Wildman–Crippen LogP) is 3.19. The van der Waals surface area contributed by atoms with Gasteiger partial charge in [0.05, 0.1) is 0 Å². The van der Waals surface area contributed by atoms with Crippen LogP contribution in [0.25, 0.3) is 0 Å². The highest BCUT2D eigenvalue weighted by Crippen LogP contribution is 2.24. The Morgan fingerprint density at radius 2 is 1.79 bits per heavy atom. The normalized spacial score (nSPS) is 13.0. The van der Waals surface area contributed by atoms with Crippen LogP contribution < -0.4 is 10.5 Å². The van der Waals surface area contributed by atoms with Crippen LogP contribution in [0, 0.1) is 6.92 Å². The zero-order valence-electron chi connectivity index (χ0n) is 13.4. The SMILES string of the molecule is Cc1cc(Cl)ccc1O[C@@H](C)C(=O)O[C@@H](C(N)=O)c1ccccc1. The average molecular weight is 348 g/mol. The largest absolute Gasteiger partial charge is 0.479 e. The van der Waals surface area contributed by atoms with Crippen molar-refractivity contribution in [2.45, 2.75) is 26.1 Å². The number of aryl methyl sites for hydroxylation is 1. The van der Waals surface area contributed by atoms with Crippen LogP contribution in [-0.4, -0.2) is 18.0 Å². The van der Waals surface area contributed by atoms with Gasteiger partial charge >= 0.3 is 5.97 Å². The van der Waals surface area contributed by atoms with E-state index in [-0.39, 0.29) is 0 Å². The molecule has 126 valence electrons. The highest BCUT2D eigenvalue weighted by Gasteiger charge is 2.26. The molecule has 0 saturated carbocycles. The molecule has 2 rings (SSSR count). The van der Waals surface area contributed by atoms with E-state index in [2.05, 4.69) is 0 Å². The van der Waals surface area contributed by atoms with Gasteiger partial charge in [0.25, 0.3) is 5.91 Å². The van der Waals surface area contributed by atoms with E-state index in [9.17, 15) is 9.59 Å². The maximum absolute atomic E-state index is 12.2. The lowest BCUT2D eigenvalue weighted by molar-refractivity contribution is -0.161. The lowest BCUT2D eigenvalue weighted by atomic mass is 10.1. The molecule has 6 heteroatoms. The highest BCUT2D eigenvalue weighted by molar-refractivity contribution is 6.30. The molecule has 0 bridgehead atoms. The van der Waals surface area contributed by atoms with Crippen molar-refractivity contribution in [3.63, 3.8) is 0 Å².